The highest BCUT2D eigenvalue weighted by Gasteiger charge is 2.20. The third-order valence-corrected chi connectivity index (χ3v) is 4.42. The Labute approximate surface area is 151 Å². The summed E-state index contributed by atoms with van der Waals surface area (Å²) < 4.78 is 10.6. The molecule has 0 aliphatic heterocycles. The summed E-state index contributed by atoms with van der Waals surface area (Å²) in [5, 5.41) is 13.8. The van der Waals surface area contributed by atoms with Crippen molar-refractivity contribution in [3.63, 3.8) is 0 Å². The van der Waals surface area contributed by atoms with Gasteiger partial charge in [-0.25, -0.2) is 0 Å². The van der Waals surface area contributed by atoms with Crippen LogP contribution < -0.4 is 14.8 Å². The predicted octanol–water partition coefficient (Wildman–Crippen LogP) is 2.97. The van der Waals surface area contributed by atoms with Crippen LogP contribution in [0.25, 0.3) is 10.9 Å². The Morgan fingerprint density at radius 1 is 1.15 bits per heavy atom. The van der Waals surface area contributed by atoms with Crippen molar-refractivity contribution in [2.75, 3.05) is 14.2 Å². The average Bonchev–Trinajstić information content (AvgIpc) is 3.07. The van der Waals surface area contributed by atoms with Crippen LogP contribution >= 0.6 is 0 Å². The van der Waals surface area contributed by atoms with Crippen LogP contribution in [0, 0.1) is 0 Å². The summed E-state index contributed by atoms with van der Waals surface area (Å²) in [5.41, 5.74) is 2.82. The highest BCUT2D eigenvalue weighted by molar-refractivity contribution is 5.84. The van der Waals surface area contributed by atoms with E-state index in [1.54, 1.807) is 14.2 Å². The van der Waals surface area contributed by atoms with E-state index in [1.807, 2.05) is 48.7 Å². The summed E-state index contributed by atoms with van der Waals surface area (Å²) in [6.07, 6.45) is 2.25. The van der Waals surface area contributed by atoms with Crippen LogP contribution in [0.4, 0.5) is 0 Å². The van der Waals surface area contributed by atoms with Gasteiger partial charge >= 0.3 is 5.97 Å². The fourth-order valence-corrected chi connectivity index (χ4v) is 3.02. The van der Waals surface area contributed by atoms with Crippen LogP contribution in [-0.2, 0) is 17.8 Å². The first-order chi connectivity index (χ1) is 12.6. The molecule has 6 heteroatoms. The maximum absolute atomic E-state index is 11.7. The molecule has 0 aliphatic carbocycles. The van der Waals surface area contributed by atoms with E-state index in [-0.39, 0.29) is 0 Å². The molecule has 0 fully saturated rings. The molecule has 0 spiro atoms. The molecule has 0 amide bonds. The summed E-state index contributed by atoms with van der Waals surface area (Å²) in [4.78, 5) is 14.9. The van der Waals surface area contributed by atoms with Crippen molar-refractivity contribution in [1.82, 2.24) is 10.3 Å². The second-order valence-electron chi connectivity index (χ2n) is 6.01. The van der Waals surface area contributed by atoms with Gasteiger partial charge in [0.25, 0.3) is 0 Å². The first-order valence-electron chi connectivity index (χ1n) is 8.34. The predicted molar refractivity (Wildman–Crippen MR) is 99.8 cm³/mol. The third-order valence-electron chi connectivity index (χ3n) is 4.42. The number of fused-ring (bicyclic) bond motifs is 1. The maximum Gasteiger partial charge on any atom is 0.321 e. The summed E-state index contributed by atoms with van der Waals surface area (Å²) >= 11 is 0. The van der Waals surface area contributed by atoms with Gasteiger partial charge in [-0.3, -0.25) is 10.1 Å². The van der Waals surface area contributed by atoms with Crippen LogP contribution in [0.15, 0.2) is 48.7 Å². The lowest BCUT2D eigenvalue weighted by atomic mass is 10.0. The van der Waals surface area contributed by atoms with Gasteiger partial charge in [-0.2, -0.15) is 0 Å². The van der Waals surface area contributed by atoms with Crippen molar-refractivity contribution in [2.24, 2.45) is 0 Å². The monoisotopic (exact) mass is 354 g/mol. The zero-order valence-electron chi connectivity index (χ0n) is 14.8. The van der Waals surface area contributed by atoms with E-state index in [4.69, 9.17) is 9.47 Å². The molecule has 0 radical (unpaired) electrons. The Balaban J connectivity index is 1.76. The molecule has 0 bridgehead atoms. The fourth-order valence-electron chi connectivity index (χ4n) is 3.02. The van der Waals surface area contributed by atoms with Crippen molar-refractivity contribution >= 4 is 16.9 Å². The zero-order chi connectivity index (χ0) is 18.5. The van der Waals surface area contributed by atoms with Crippen molar-refractivity contribution in [3.8, 4) is 11.5 Å². The number of aromatic amines is 1. The van der Waals surface area contributed by atoms with E-state index >= 15 is 0 Å². The highest BCUT2D eigenvalue weighted by atomic mass is 16.5. The molecule has 3 aromatic rings. The summed E-state index contributed by atoms with van der Waals surface area (Å²) in [7, 11) is 3.18. The smallest absolute Gasteiger partial charge is 0.321 e. The number of hydrogen-bond donors (Lipinski definition) is 3. The SMILES string of the molecule is COc1ccc(OC)c(CNC(Cc2c[nH]c3ccccc23)C(=O)O)c1. The van der Waals surface area contributed by atoms with Crippen molar-refractivity contribution in [2.45, 2.75) is 19.0 Å². The Hall–Kier alpha value is -2.99. The van der Waals surface area contributed by atoms with Gasteiger partial charge in [0.1, 0.15) is 17.5 Å². The van der Waals surface area contributed by atoms with Gasteiger partial charge < -0.3 is 19.6 Å². The summed E-state index contributed by atoms with van der Waals surface area (Å²) in [6.45, 7) is 0.361. The van der Waals surface area contributed by atoms with Crippen LogP contribution in [0.5, 0.6) is 11.5 Å². The number of H-pyrrole nitrogens is 1. The number of carboxylic acid groups (broad SMARTS) is 1. The van der Waals surface area contributed by atoms with Crippen LogP contribution in [0.2, 0.25) is 0 Å². The molecule has 1 atom stereocenters. The van der Waals surface area contributed by atoms with E-state index in [9.17, 15) is 9.90 Å². The number of carboxylic acids is 1. The van der Waals surface area contributed by atoms with Gasteiger partial charge in [-0.1, -0.05) is 18.2 Å². The largest absolute Gasteiger partial charge is 0.497 e. The molecule has 0 saturated carbocycles. The van der Waals surface area contributed by atoms with Gasteiger partial charge in [0.15, 0.2) is 0 Å². The summed E-state index contributed by atoms with van der Waals surface area (Å²) in [6, 6.07) is 12.6. The Morgan fingerprint density at radius 3 is 2.69 bits per heavy atom. The molecular weight excluding hydrogens is 332 g/mol. The minimum absolute atomic E-state index is 0.361. The quantitative estimate of drug-likeness (QED) is 0.579. The van der Waals surface area contributed by atoms with Gasteiger partial charge in [0, 0.05) is 35.6 Å². The Morgan fingerprint density at radius 2 is 1.96 bits per heavy atom. The van der Waals surface area contributed by atoms with E-state index < -0.39 is 12.0 Å². The molecule has 6 nitrogen and oxygen atoms in total. The van der Waals surface area contributed by atoms with E-state index in [0.29, 0.717) is 24.5 Å². The lowest BCUT2D eigenvalue weighted by molar-refractivity contribution is -0.139. The molecule has 1 aromatic heterocycles. The third kappa shape index (κ3) is 3.81. The first kappa shape index (κ1) is 17.8. The molecule has 1 unspecified atom stereocenters. The number of benzene rings is 2. The average molecular weight is 354 g/mol. The van der Waals surface area contributed by atoms with Gasteiger partial charge in [-0.05, 0) is 29.8 Å². The van der Waals surface area contributed by atoms with Gasteiger partial charge in [-0.15, -0.1) is 0 Å². The molecule has 1 heterocycles. The second kappa shape index (κ2) is 7.93. The number of aliphatic carboxylic acids is 1. The number of aromatic nitrogens is 1. The van der Waals surface area contributed by atoms with Crippen LogP contribution in [-0.4, -0.2) is 36.3 Å². The van der Waals surface area contributed by atoms with Crippen molar-refractivity contribution in [3.05, 3.63) is 59.8 Å². The number of methoxy groups -OCH3 is 2. The van der Waals surface area contributed by atoms with E-state index in [1.165, 1.54) is 0 Å². The van der Waals surface area contributed by atoms with E-state index in [0.717, 1.165) is 22.0 Å². The lowest BCUT2D eigenvalue weighted by Gasteiger charge is -2.16. The second-order valence-corrected chi connectivity index (χ2v) is 6.01. The standard InChI is InChI=1S/C20H22N2O4/c1-25-15-7-8-19(26-2)14(9-15)12-22-18(20(23)24)10-13-11-21-17-6-4-3-5-16(13)17/h3-9,11,18,21-22H,10,12H2,1-2H3,(H,23,24). The van der Waals surface area contributed by atoms with Crippen molar-refractivity contribution in [1.29, 1.82) is 0 Å². The molecule has 2 aromatic carbocycles. The lowest BCUT2D eigenvalue weighted by Crippen LogP contribution is -2.38. The van der Waals surface area contributed by atoms with Crippen molar-refractivity contribution < 1.29 is 19.4 Å². The molecule has 26 heavy (non-hydrogen) atoms. The minimum Gasteiger partial charge on any atom is -0.497 e. The topological polar surface area (TPSA) is 83.6 Å². The Kier molecular flexibility index (Phi) is 5.43. The number of nitrogens with one attached hydrogen (secondary N) is 2. The summed E-state index contributed by atoms with van der Waals surface area (Å²) in [5.74, 6) is 0.498. The molecular formula is C20H22N2O4. The van der Waals surface area contributed by atoms with E-state index in [2.05, 4.69) is 10.3 Å². The Bertz CT molecular complexity index is 904. The number of ether oxygens (including phenoxy) is 2. The van der Waals surface area contributed by atoms with Crippen LogP contribution in [0.3, 0.4) is 0 Å². The number of hydrogen-bond acceptors (Lipinski definition) is 4. The maximum atomic E-state index is 11.7. The van der Waals surface area contributed by atoms with Gasteiger partial charge in [0.2, 0.25) is 0 Å². The number of carbonyl (C=O) groups is 1. The molecule has 136 valence electrons. The zero-order valence-corrected chi connectivity index (χ0v) is 14.8. The van der Waals surface area contributed by atoms with Crippen LogP contribution in [0.1, 0.15) is 11.1 Å². The molecule has 0 saturated heterocycles. The highest BCUT2D eigenvalue weighted by Crippen LogP contribution is 2.24. The normalized spacial score (nSPS) is 12.1. The number of rotatable bonds is 8. The van der Waals surface area contributed by atoms with Gasteiger partial charge in [0.05, 0.1) is 14.2 Å². The number of para-hydroxylation sites is 1. The minimum atomic E-state index is -0.892. The first-order valence-corrected chi connectivity index (χ1v) is 8.34. The molecule has 3 rings (SSSR count). The molecule has 0 aliphatic rings. The fraction of sp³-hybridized carbons (Fsp3) is 0.250. The molecule has 3 N–H and O–H groups in total.